The Labute approximate surface area is 150 Å². The molecule has 0 saturated carbocycles. The van der Waals surface area contributed by atoms with Gasteiger partial charge in [0.15, 0.2) is 0 Å². The van der Waals surface area contributed by atoms with Crippen LogP contribution in [0.3, 0.4) is 0 Å². The van der Waals surface area contributed by atoms with Gasteiger partial charge in [0, 0.05) is 39.9 Å². The van der Waals surface area contributed by atoms with E-state index in [0.29, 0.717) is 5.02 Å². The zero-order valence-corrected chi connectivity index (χ0v) is 14.0. The molecular weight excluding hydrogens is 336 g/mol. The Morgan fingerprint density at radius 3 is 2.48 bits per heavy atom. The first-order chi connectivity index (χ1) is 12.1. The number of nitrogens with zero attached hydrogens (tertiary/aromatic N) is 1. The zero-order chi connectivity index (χ0) is 17.4. The van der Waals surface area contributed by atoms with E-state index in [9.17, 15) is 4.79 Å². The molecule has 3 aromatic rings. The van der Waals surface area contributed by atoms with E-state index in [4.69, 9.17) is 16.7 Å². The molecule has 0 radical (unpaired) electrons. The highest BCUT2D eigenvalue weighted by atomic mass is 35.5. The minimum absolute atomic E-state index is 0.288. The fourth-order valence-electron chi connectivity index (χ4n) is 3.04. The van der Waals surface area contributed by atoms with E-state index >= 15 is 0 Å². The van der Waals surface area contributed by atoms with E-state index in [0.717, 1.165) is 29.1 Å². The maximum atomic E-state index is 11.0. The lowest BCUT2D eigenvalue weighted by Gasteiger charge is -2.24. The van der Waals surface area contributed by atoms with Crippen LogP contribution in [0.5, 0.6) is 0 Å². The van der Waals surface area contributed by atoms with Crippen LogP contribution in [0.4, 0.5) is 5.69 Å². The van der Waals surface area contributed by atoms with Crippen LogP contribution in [0.2, 0.25) is 5.02 Å². The summed E-state index contributed by atoms with van der Waals surface area (Å²) in [5, 5.41) is 9.76. The van der Waals surface area contributed by atoms with Gasteiger partial charge >= 0.3 is 5.97 Å². The molecule has 1 aromatic heterocycles. The third kappa shape index (κ3) is 2.92. The molecule has 5 heteroatoms. The van der Waals surface area contributed by atoms with Crippen molar-refractivity contribution in [3.05, 3.63) is 82.8 Å². The first kappa shape index (κ1) is 15.5. The molecule has 4 nitrogen and oxygen atoms in total. The fraction of sp³-hybridized carbons (Fsp3) is 0.0500. The van der Waals surface area contributed by atoms with Crippen molar-refractivity contribution in [3.63, 3.8) is 0 Å². The van der Waals surface area contributed by atoms with E-state index < -0.39 is 5.97 Å². The maximum absolute atomic E-state index is 11.0. The molecule has 1 aliphatic rings. The van der Waals surface area contributed by atoms with Crippen LogP contribution in [0.25, 0.3) is 17.2 Å². The van der Waals surface area contributed by atoms with Gasteiger partial charge in [-0.1, -0.05) is 23.7 Å². The minimum atomic E-state index is -0.917. The molecule has 0 atom stereocenters. The number of carbonyl (C=O) groups is 1. The number of halogens is 1. The third-order valence-corrected chi connectivity index (χ3v) is 4.62. The lowest BCUT2D eigenvalue weighted by molar-refractivity contribution is 0.0697. The Kier molecular flexibility index (Phi) is 3.82. The van der Waals surface area contributed by atoms with Crippen LogP contribution < -0.4 is 4.90 Å². The average molecular weight is 351 g/mol. The van der Waals surface area contributed by atoms with Gasteiger partial charge in [0.1, 0.15) is 0 Å². The standard InChI is InChI=1S/C20H15ClN2O2/c21-15-5-7-16(8-6-15)23-10-9-19-18(12-23)17(11-22-19)13-1-3-14(4-2-13)20(24)25/h1-11,22H,12H2,(H,24,25). The molecule has 4 rings (SSSR count). The van der Waals surface area contributed by atoms with E-state index in [-0.39, 0.29) is 5.56 Å². The summed E-state index contributed by atoms with van der Waals surface area (Å²) < 4.78 is 0. The second-order valence-corrected chi connectivity index (χ2v) is 6.33. The highest BCUT2D eigenvalue weighted by Crippen LogP contribution is 2.33. The molecule has 124 valence electrons. The Morgan fingerprint density at radius 1 is 1.08 bits per heavy atom. The van der Waals surface area contributed by atoms with Crippen molar-refractivity contribution in [3.8, 4) is 11.1 Å². The second-order valence-electron chi connectivity index (χ2n) is 5.90. The van der Waals surface area contributed by atoms with Crippen molar-refractivity contribution >= 4 is 29.3 Å². The molecule has 0 unspecified atom stereocenters. The minimum Gasteiger partial charge on any atom is -0.478 e. The van der Waals surface area contributed by atoms with Crippen molar-refractivity contribution in [1.29, 1.82) is 0 Å². The van der Waals surface area contributed by atoms with Gasteiger partial charge in [-0.15, -0.1) is 0 Å². The number of aromatic nitrogens is 1. The maximum Gasteiger partial charge on any atom is 0.335 e. The van der Waals surface area contributed by atoms with E-state index in [2.05, 4.69) is 9.88 Å². The monoisotopic (exact) mass is 350 g/mol. The zero-order valence-electron chi connectivity index (χ0n) is 13.2. The van der Waals surface area contributed by atoms with Gasteiger partial charge in [-0.2, -0.15) is 0 Å². The Hall–Kier alpha value is -2.98. The van der Waals surface area contributed by atoms with Crippen molar-refractivity contribution in [2.75, 3.05) is 4.90 Å². The summed E-state index contributed by atoms with van der Waals surface area (Å²) in [5.41, 5.74) is 5.68. The highest BCUT2D eigenvalue weighted by molar-refractivity contribution is 6.30. The smallest absolute Gasteiger partial charge is 0.335 e. The molecule has 1 aliphatic heterocycles. The van der Waals surface area contributed by atoms with Gasteiger partial charge in [0.05, 0.1) is 12.1 Å². The molecule has 25 heavy (non-hydrogen) atoms. The van der Waals surface area contributed by atoms with Crippen molar-refractivity contribution in [2.45, 2.75) is 6.54 Å². The van der Waals surface area contributed by atoms with Gasteiger partial charge in [-0.3, -0.25) is 0 Å². The van der Waals surface area contributed by atoms with Crippen LogP contribution in [0, 0.1) is 0 Å². The van der Waals surface area contributed by atoms with Crippen LogP contribution in [0.1, 0.15) is 21.6 Å². The van der Waals surface area contributed by atoms with E-state index in [1.165, 1.54) is 5.56 Å². The van der Waals surface area contributed by atoms with Gasteiger partial charge in [-0.25, -0.2) is 4.79 Å². The van der Waals surface area contributed by atoms with E-state index in [1.54, 1.807) is 12.1 Å². The molecule has 2 aromatic carbocycles. The molecule has 0 bridgehead atoms. The van der Waals surface area contributed by atoms with E-state index in [1.807, 2.05) is 54.9 Å². The Morgan fingerprint density at radius 2 is 1.80 bits per heavy atom. The summed E-state index contributed by atoms with van der Waals surface area (Å²) in [6, 6.07) is 14.7. The summed E-state index contributed by atoms with van der Waals surface area (Å²) in [7, 11) is 0. The number of carboxylic acids is 1. The first-order valence-corrected chi connectivity index (χ1v) is 8.24. The van der Waals surface area contributed by atoms with Gasteiger partial charge in [0.2, 0.25) is 0 Å². The van der Waals surface area contributed by atoms with Crippen LogP contribution in [-0.2, 0) is 6.54 Å². The summed E-state index contributed by atoms with van der Waals surface area (Å²) in [5.74, 6) is -0.917. The third-order valence-electron chi connectivity index (χ3n) is 4.37. The molecule has 0 aliphatic carbocycles. The Balaban J connectivity index is 1.67. The predicted molar refractivity (Wildman–Crippen MR) is 99.9 cm³/mol. The molecular formula is C20H15ClN2O2. The molecule has 0 amide bonds. The second kappa shape index (κ2) is 6.15. The number of aromatic amines is 1. The topological polar surface area (TPSA) is 56.3 Å². The number of hydrogen-bond acceptors (Lipinski definition) is 2. The summed E-state index contributed by atoms with van der Waals surface area (Å²) in [4.78, 5) is 16.5. The van der Waals surface area contributed by atoms with Gasteiger partial charge in [0.25, 0.3) is 0 Å². The number of anilines is 1. The molecule has 2 heterocycles. The van der Waals surface area contributed by atoms with Crippen molar-refractivity contribution < 1.29 is 9.90 Å². The van der Waals surface area contributed by atoms with Gasteiger partial charge < -0.3 is 15.0 Å². The summed E-state index contributed by atoms with van der Waals surface area (Å²) >= 11 is 5.97. The largest absolute Gasteiger partial charge is 0.478 e. The number of fused-ring (bicyclic) bond motifs is 1. The lowest BCUT2D eigenvalue weighted by atomic mass is 9.99. The first-order valence-electron chi connectivity index (χ1n) is 7.86. The van der Waals surface area contributed by atoms with Crippen molar-refractivity contribution in [1.82, 2.24) is 4.98 Å². The number of nitrogens with one attached hydrogen (secondary N) is 1. The summed E-state index contributed by atoms with van der Waals surface area (Å²) in [6.45, 7) is 0.729. The highest BCUT2D eigenvalue weighted by Gasteiger charge is 2.18. The SMILES string of the molecule is O=C(O)c1ccc(-c2c[nH]c3c2CN(c2ccc(Cl)cc2)C=C3)cc1. The molecule has 2 N–H and O–H groups in total. The summed E-state index contributed by atoms with van der Waals surface area (Å²) in [6.07, 6.45) is 6.05. The fourth-order valence-corrected chi connectivity index (χ4v) is 3.16. The molecule has 0 spiro atoms. The lowest BCUT2D eigenvalue weighted by Crippen LogP contribution is -2.18. The van der Waals surface area contributed by atoms with Crippen LogP contribution in [0.15, 0.2) is 60.9 Å². The predicted octanol–water partition coefficient (Wildman–Crippen LogP) is 5.02. The number of hydrogen-bond donors (Lipinski definition) is 2. The number of benzene rings is 2. The van der Waals surface area contributed by atoms with Crippen LogP contribution in [-0.4, -0.2) is 16.1 Å². The van der Waals surface area contributed by atoms with Crippen molar-refractivity contribution in [2.24, 2.45) is 0 Å². The molecule has 0 saturated heterocycles. The van der Waals surface area contributed by atoms with Gasteiger partial charge in [-0.05, 0) is 48.0 Å². The average Bonchev–Trinajstić information content (AvgIpc) is 3.05. The Bertz CT molecular complexity index is 956. The van der Waals surface area contributed by atoms with Crippen LogP contribution >= 0.6 is 11.6 Å². The quantitative estimate of drug-likeness (QED) is 0.697. The molecule has 0 fully saturated rings. The number of H-pyrrole nitrogens is 1. The number of carboxylic acid groups (broad SMARTS) is 1. The normalized spacial score (nSPS) is 12.9. The number of rotatable bonds is 3. The number of aromatic carboxylic acids is 1.